The van der Waals surface area contributed by atoms with Crippen molar-refractivity contribution >= 4 is 17.5 Å². The van der Waals surface area contributed by atoms with Gasteiger partial charge in [-0.05, 0) is 6.92 Å². The fourth-order valence-corrected chi connectivity index (χ4v) is 0.902. The summed E-state index contributed by atoms with van der Waals surface area (Å²) < 4.78 is 0. The van der Waals surface area contributed by atoms with Crippen molar-refractivity contribution in [3.63, 3.8) is 0 Å². The predicted molar refractivity (Wildman–Crippen MR) is 52.8 cm³/mol. The molecule has 0 unspecified atom stereocenters. The maximum absolute atomic E-state index is 11.3. The van der Waals surface area contributed by atoms with Crippen molar-refractivity contribution in [1.82, 2.24) is 15.3 Å². The van der Waals surface area contributed by atoms with E-state index in [4.69, 9.17) is 11.6 Å². The van der Waals surface area contributed by atoms with Crippen LogP contribution in [0.15, 0.2) is 12.4 Å². The van der Waals surface area contributed by atoms with E-state index in [0.29, 0.717) is 6.54 Å². The number of nitrogens with zero attached hydrogens (tertiary/aromatic N) is 2. The summed E-state index contributed by atoms with van der Waals surface area (Å²) >= 11 is 5.57. The van der Waals surface area contributed by atoms with E-state index in [2.05, 4.69) is 27.1 Å². The minimum atomic E-state index is -0.331. The highest BCUT2D eigenvalue weighted by molar-refractivity contribution is 6.29. The Kier molecular flexibility index (Phi) is 3.89. The molecule has 4 nitrogen and oxygen atoms in total. The molecule has 0 atom stereocenters. The van der Waals surface area contributed by atoms with E-state index in [-0.39, 0.29) is 16.8 Å². The third kappa shape index (κ3) is 3.04. The summed E-state index contributed by atoms with van der Waals surface area (Å²) in [4.78, 5) is 18.9. The second kappa shape index (κ2) is 5.20. The zero-order valence-corrected chi connectivity index (χ0v) is 8.30. The topological polar surface area (TPSA) is 54.9 Å². The first-order chi connectivity index (χ1) is 6.74. The quantitative estimate of drug-likeness (QED) is 0.736. The van der Waals surface area contributed by atoms with Gasteiger partial charge < -0.3 is 5.32 Å². The number of rotatable bonds is 2. The lowest BCUT2D eigenvalue weighted by Crippen LogP contribution is -2.24. The first-order valence-corrected chi connectivity index (χ1v) is 4.27. The van der Waals surface area contributed by atoms with Crippen LogP contribution in [0, 0.1) is 11.8 Å². The van der Waals surface area contributed by atoms with Crippen molar-refractivity contribution < 1.29 is 4.79 Å². The van der Waals surface area contributed by atoms with Crippen LogP contribution >= 0.6 is 11.6 Å². The van der Waals surface area contributed by atoms with E-state index < -0.39 is 0 Å². The Hall–Kier alpha value is -1.60. The molecule has 1 amide bonds. The number of aromatic nitrogens is 2. The van der Waals surface area contributed by atoms with Crippen LogP contribution in [0.25, 0.3) is 0 Å². The third-order valence-electron chi connectivity index (χ3n) is 1.35. The summed E-state index contributed by atoms with van der Waals surface area (Å²) in [6.45, 7) is 1.99. The molecule has 1 aromatic heterocycles. The molecule has 0 saturated heterocycles. The number of hydrogen-bond donors (Lipinski definition) is 1. The van der Waals surface area contributed by atoms with E-state index in [9.17, 15) is 4.79 Å². The van der Waals surface area contributed by atoms with Gasteiger partial charge in [-0.25, -0.2) is 4.98 Å². The van der Waals surface area contributed by atoms with E-state index in [1.807, 2.05) is 0 Å². The van der Waals surface area contributed by atoms with Gasteiger partial charge >= 0.3 is 0 Å². The standard InChI is InChI=1S/C9H8ClN3O/c1-2-3-4-12-9(14)7-5-11-6-8(10)13-7/h5-6H,4H2,1H3,(H,12,14). The number of halogens is 1. The monoisotopic (exact) mass is 209 g/mol. The highest BCUT2D eigenvalue weighted by atomic mass is 35.5. The molecule has 1 heterocycles. The Morgan fingerprint density at radius 2 is 2.43 bits per heavy atom. The fraction of sp³-hybridized carbons (Fsp3) is 0.222. The van der Waals surface area contributed by atoms with Gasteiger partial charge in [-0.3, -0.25) is 9.78 Å². The number of carbonyl (C=O) groups is 1. The van der Waals surface area contributed by atoms with Gasteiger partial charge in [-0.15, -0.1) is 5.92 Å². The number of amides is 1. The third-order valence-corrected chi connectivity index (χ3v) is 1.53. The Labute approximate surface area is 86.7 Å². The molecule has 0 saturated carbocycles. The Morgan fingerprint density at radius 3 is 3.07 bits per heavy atom. The van der Waals surface area contributed by atoms with Crippen LogP contribution in [0.5, 0.6) is 0 Å². The summed E-state index contributed by atoms with van der Waals surface area (Å²) in [6, 6.07) is 0. The molecule has 1 aromatic rings. The first-order valence-electron chi connectivity index (χ1n) is 3.89. The lowest BCUT2D eigenvalue weighted by Gasteiger charge is -1.99. The Balaban J connectivity index is 2.63. The van der Waals surface area contributed by atoms with Gasteiger partial charge in [-0.2, -0.15) is 0 Å². The average molecular weight is 210 g/mol. The van der Waals surface area contributed by atoms with Crippen LogP contribution in [0.4, 0.5) is 0 Å². The van der Waals surface area contributed by atoms with Crippen LogP contribution in [0.1, 0.15) is 17.4 Å². The van der Waals surface area contributed by atoms with Gasteiger partial charge in [0, 0.05) is 0 Å². The Morgan fingerprint density at radius 1 is 1.64 bits per heavy atom. The SMILES string of the molecule is CC#CCNC(=O)c1cncc(Cl)n1. The van der Waals surface area contributed by atoms with Gasteiger partial charge in [0.05, 0.1) is 18.9 Å². The minimum Gasteiger partial charge on any atom is -0.340 e. The molecule has 72 valence electrons. The van der Waals surface area contributed by atoms with E-state index in [1.54, 1.807) is 6.92 Å². The highest BCUT2D eigenvalue weighted by Crippen LogP contribution is 2.01. The molecule has 0 radical (unpaired) electrons. The van der Waals surface area contributed by atoms with Gasteiger partial charge in [0.1, 0.15) is 10.8 Å². The van der Waals surface area contributed by atoms with Crippen LogP contribution < -0.4 is 5.32 Å². The first kappa shape index (κ1) is 10.5. The number of nitrogens with one attached hydrogen (secondary N) is 1. The number of carbonyl (C=O) groups excluding carboxylic acids is 1. The highest BCUT2D eigenvalue weighted by Gasteiger charge is 2.06. The average Bonchev–Trinajstić information content (AvgIpc) is 2.18. The Bertz CT molecular complexity index is 395. The maximum Gasteiger partial charge on any atom is 0.272 e. The zero-order valence-electron chi connectivity index (χ0n) is 7.54. The van der Waals surface area contributed by atoms with Gasteiger partial charge in [0.25, 0.3) is 5.91 Å². The van der Waals surface area contributed by atoms with Gasteiger partial charge in [0.15, 0.2) is 0 Å². The second-order valence-electron chi connectivity index (χ2n) is 2.34. The molecular weight excluding hydrogens is 202 g/mol. The molecule has 0 aliphatic heterocycles. The van der Waals surface area contributed by atoms with Gasteiger partial charge in [0.2, 0.25) is 0 Å². The van der Waals surface area contributed by atoms with E-state index in [0.717, 1.165) is 0 Å². The summed E-state index contributed by atoms with van der Waals surface area (Å²) in [5.74, 6) is 5.03. The molecule has 0 fully saturated rings. The molecule has 0 aliphatic rings. The molecule has 0 bridgehead atoms. The van der Waals surface area contributed by atoms with Crippen molar-refractivity contribution in [3.05, 3.63) is 23.2 Å². The molecular formula is C9H8ClN3O. The summed E-state index contributed by atoms with van der Waals surface area (Å²) in [5, 5.41) is 2.75. The molecule has 1 rings (SSSR count). The molecule has 0 aliphatic carbocycles. The van der Waals surface area contributed by atoms with E-state index in [1.165, 1.54) is 12.4 Å². The predicted octanol–water partition coefficient (Wildman–Crippen LogP) is 0.883. The van der Waals surface area contributed by atoms with E-state index >= 15 is 0 Å². The summed E-state index contributed by atoms with van der Waals surface area (Å²) in [5.41, 5.74) is 0.190. The molecule has 0 aromatic carbocycles. The van der Waals surface area contributed by atoms with Crippen LogP contribution in [0.2, 0.25) is 5.15 Å². The van der Waals surface area contributed by atoms with Crippen LogP contribution in [0.3, 0.4) is 0 Å². The zero-order chi connectivity index (χ0) is 10.4. The summed E-state index contributed by atoms with van der Waals surface area (Å²) in [6.07, 6.45) is 2.71. The normalized spacial score (nSPS) is 8.71. The van der Waals surface area contributed by atoms with Crippen LogP contribution in [-0.2, 0) is 0 Å². The molecule has 5 heteroatoms. The molecule has 14 heavy (non-hydrogen) atoms. The fourth-order valence-electron chi connectivity index (χ4n) is 0.755. The second-order valence-corrected chi connectivity index (χ2v) is 2.72. The number of hydrogen-bond acceptors (Lipinski definition) is 3. The minimum absolute atomic E-state index is 0.190. The summed E-state index contributed by atoms with van der Waals surface area (Å²) in [7, 11) is 0. The van der Waals surface area contributed by atoms with Gasteiger partial charge in [-0.1, -0.05) is 17.5 Å². The molecule has 1 N–H and O–H groups in total. The van der Waals surface area contributed by atoms with Crippen molar-refractivity contribution in [2.24, 2.45) is 0 Å². The van der Waals surface area contributed by atoms with Crippen molar-refractivity contribution in [2.75, 3.05) is 6.54 Å². The molecule has 0 spiro atoms. The smallest absolute Gasteiger partial charge is 0.272 e. The van der Waals surface area contributed by atoms with Crippen LogP contribution in [-0.4, -0.2) is 22.4 Å². The van der Waals surface area contributed by atoms with Crippen molar-refractivity contribution in [1.29, 1.82) is 0 Å². The van der Waals surface area contributed by atoms with Crippen molar-refractivity contribution in [3.8, 4) is 11.8 Å². The van der Waals surface area contributed by atoms with Crippen molar-refractivity contribution in [2.45, 2.75) is 6.92 Å². The lowest BCUT2D eigenvalue weighted by molar-refractivity contribution is 0.0953. The maximum atomic E-state index is 11.3. The largest absolute Gasteiger partial charge is 0.340 e. The lowest BCUT2D eigenvalue weighted by atomic mass is 10.4.